The number of alkyl halides is 3. The van der Waals surface area contributed by atoms with Gasteiger partial charge >= 0.3 is 6.18 Å². The van der Waals surface area contributed by atoms with Crippen LogP contribution in [0.4, 0.5) is 13.2 Å². The number of quaternary nitrogens is 1. The molecule has 3 nitrogen and oxygen atoms in total. The Hall–Kier alpha value is -0.166. The predicted molar refractivity (Wildman–Crippen MR) is 89.3 cm³/mol. The van der Waals surface area contributed by atoms with E-state index in [4.69, 9.17) is 4.74 Å². The van der Waals surface area contributed by atoms with Crippen LogP contribution in [-0.4, -0.2) is 68.5 Å². The van der Waals surface area contributed by atoms with E-state index in [-0.39, 0.29) is 32.7 Å². The number of hydrogen-bond donors (Lipinski definition) is 0. The molecule has 7 heteroatoms. The minimum absolute atomic E-state index is 0. The molecule has 1 saturated heterocycles. The minimum atomic E-state index is -4.11. The monoisotopic (exact) mass is 434 g/mol. The van der Waals surface area contributed by atoms with E-state index in [1.165, 1.54) is 4.90 Å². The topological polar surface area (TPSA) is 12.5 Å². The molecule has 1 unspecified atom stereocenters. The predicted octanol–water partition coefficient (Wildman–Crippen LogP) is 3.39. The van der Waals surface area contributed by atoms with Crippen molar-refractivity contribution >= 4 is 0 Å². The number of likely N-dealkylation sites (N-methyl/N-ethyl adjacent to an activating group) is 1. The molecule has 2 rings (SSSR count). The van der Waals surface area contributed by atoms with Gasteiger partial charge in [-0.25, -0.2) is 0 Å². The largest absolute Gasteiger partial charge is 0.487 e. The summed E-state index contributed by atoms with van der Waals surface area (Å²) in [5, 5.41) is 0. The van der Waals surface area contributed by atoms with Gasteiger partial charge < -0.3 is 9.22 Å². The zero-order valence-corrected chi connectivity index (χ0v) is 18.2. The average molecular weight is 434 g/mol. The number of rotatable bonds is 5. The summed E-state index contributed by atoms with van der Waals surface area (Å²) in [6.45, 7) is 7.28. The summed E-state index contributed by atoms with van der Waals surface area (Å²) < 4.78 is 44.4. The Labute approximate surface area is 174 Å². The van der Waals surface area contributed by atoms with E-state index in [0.717, 1.165) is 47.4 Å². The number of benzene rings is 1. The molecule has 1 fully saturated rings. The second-order valence-electron chi connectivity index (χ2n) is 7.10. The van der Waals surface area contributed by atoms with E-state index < -0.39 is 12.7 Å². The van der Waals surface area contributed by atoms with Crippen LogP contribution in [0.25, 0.3) is 0 Å². The van der Waals surface area contributed by atoms with Gasteiger partial charge in [0.1, 0.15) is 18.9 Å². The summed E-state index contributed by atoms with van der Waals surface area (Å²) in [5.74, 6) is 0.928. The Kier molecular flexibility index (Phi) is 8.85. The van der Waals surface area contributed by atoms with E-state index in [9.17, 15) is 13.2 Å². The molecule has 25 heavy (non-hydrogen) atoms. The molecule has 0 aliphatic carbocycles. The molecule has 1 aliphatic heterocycles. The molecular formula is C18H28F3N2OY+. The third-order valence-corrected chi connectivity index (χ3v) is 4.82. The molecule has 1 aromatic carbocycles. The molecule has 1 heterocycles. The van der Waals surface area contributed by atoms with Gasteiger partial charge in [-0.15, -0.1) is 0 Å². The molecule has 0 bridgehead atoms. The van der Waals surface area contributed by atoms with Crippen LogP contribution in [-0.2, 0) is 32.7 Å². The van der Waals surface area contributed by atoms with E-state index in [1.54, 1.807) is 0 Å². The van der Waals surface area contributed by atoms with E-state index in [1.807, 2.05) is 32.0 Å². The van der Waals surface area contributed by atoms with Gasteiger partial charge in [-0.05, 0) is 25.0 Å². The standard InChI is InChI=1S/C18H28F3N2O.Y/c1-15-6-4-7-16(2)17(15)24-13-12-23(3)10-5-8-22(9-11-23)14-18(19,20)21;/h4,6-7H,5,8-14H2,1-3H3;/q+1;. The summed E-state index contributed by atoms with van der Waals surface area (Å²) in [6, 6.07) is 6.06. The SMILES string of the molecule is Cc1cccc(C)c1OCC[N+]1(C)CCCN(CC(F)(F)F)CC1.[Y]. The maximum atomic E-state index is 12.6. The van der Waals surface area contributed by atoms with Gasteiger partial charge in [0.25, 0.3) is 0 Å². The number of para-hydroxylation sites is 1. The molecule has 0 spiro atoms. The molecule has 0 aromatic heterocycles. The Bertz CT molecular complexity index is 533. The van der Waals surface area contributed by atoms with E-state index in [2.05, 4.69) is 7.05 Å². The van der Waals surface area contributed by atoms with Crippen LogP contribution in [0.15, 0.2) is 18.2 Å². The third-order valence-electron chi connectivity index (χ3n) is 4.82. The molecule has 1 atom stereocenters. The number of ether oxygens (including phenoxy) is 1. The van der Waals surface area contributed by atoms with Crippen LogP contribution in [0, 0.1) is 13.8 Å². The van der Waals surface area contributed by atoms with E-state index in [0.29, 0.717) is 19.7 Å². The van der Waals surface area contributed by atoms with Gasteiger partial charge in [0, 0.05) is 52.2 Å². The summed E-state index contributed by atoms with van der Waals surface area (Å²) in [6.07, 6.45) is -3.32. The molecule has 1 radical (unpaired) electrons. The Morgan fingerprint density at radius 1 is 1.12 bits per heavy atom. The maximum absolute atomic E-state index is 12.6. The smallest absolute Gasteiger partial charge is 0.401 e. The van der Waals surface area contributed by atoms with Crippen LogP contribution in [0.1, 0.15) is 17.5 Å². The zero-order valence-electron chi connectivity index (χ0n) is 15.4. The molecule has 0 amide bonds. The second kappa shape index (κ2) is 9.68. The van der Waals surface area contributed by atoms with Gasteiger partial charge in [0.2, 0.25) is 0 Å². The molecule has 1 aromatic rings. The molecule has 1 aliphatic rings. The fourth-order valence-corrected chi connectivity index (χ4v) is 3.31. The van der Waals surface area contributed by atoms with Gasteiger partial charge in [-0.2, -0.15) is 13.2 Å². The van der Waals surface area contributed by atoms with Crippen molar-refractivity contribution in [3.8, 4) is 5.75 Å². The first-order chi connectivity index (χ1) is 11.2. The number of nitrogens with zero attached hydrogens (tertiary/aromatic N) is 2. The van der Waals surface area contributed by atoms with Crippen molar-refractivity contribution in [2.45, 2.75) is 26.4 Å². The number of hydrogen-bond acceptors (Lipinski definition) is 2. The third kappa shape index (κ3) is 7.53. The molecular weight excluding hydrogens is 406 g/mol. The minimum Gasteiger partial charge on any atom is -0.487 e. The van der Waals surface area contributed by atoms with Crippen molar-refractivity contribution in [3.05, 3.63) is 29.3 Å². The summed E-state index contributed by atoms with van der Waals surface area (Å²) in [5.41, 5.74) is 2.23. The molecule has 0 saturated carbocycles. The van der Waals surface area contributed by atoms with Crippen LogP contribution >= 0.6 is 0 Å². The van der Waals surface area contributed by atoms with Crippen molar-refractivity contribution in [1.82, 2.24) is 4.90 Å². The second-order valence-corrected chi connectivity index (χ2v) is 7.10. The van der Waals surface area contributed by atoms with Crippen LogP contribution in [0.5, 0.6) is 5.75 Å². The Balaban J connectivity index is 0.00000312. The number of aryl methyl sites for hydroxylation is 2. The molecule has 0 N–H and O–H groups in total. The van der Waals surface area contributed by atoms with Crippen LogP contribution in [0.2, 0.25) is 0 Å². The fraction of sp³-hybridized carbons (Fsp3) is 0.667. The Morgan fingerprint density at radius 2 is 1.76 bits per heavy atom. The van der Waals surface area contributed by atoms with Crippen LogP contribution in [0.3, 0.4) is 0 Å². The maximum Gasteiger partial charge on any atom is 0.401 e. The normalized spacial score (nSPS) is 22.2. The van der Waals surface area contributed by atoms with Gasteiger partial charge in [0.15, 0.2) is 0 Å². The first-order valence-corrected chi connectivity index (χ1v) is 8.50. The van der Waals surface area contributed by atoms with Crippen molar-refractivity contribution in [2.24, 2.45) is 0 Å². The van der Waals surface area contributed by atoms with Gasteiger partial charge in [-0.1, -0.05) is 18.2 Å². The quantitative estimate of drug-likeness (QED) is 0.659. The Morgan fingerprint density at radius 3 is 2.36 bits per heavy atom. The van der Waals surface area contributed by atoms with Crippen molar-refractivity contribution in [1.29, 1.82) is 0 Å². The van der Waals surface area contributed by atoms with E-state index >= 15 is 0 Å². The summed E-state index contributed by atoms with van der Waals surface area (Å²) >= 11 is 0. The van der Waals surface area contributed by atoms with Crippen LogP contribution < -0.4 is 4.74 Å². The first-order valence-electron chi connectivity index (χ1n) is 8.50. The summed E-state index contributed by atoms with van der Waals surface area (Å²) in [7, 11) is 2.12. The van der Waals surface area contributed by atoms with Gasteiger partial charge in [0.05, 0.1) is 26.7 Å². The van der Waals surface area contributed by atoms with Gasteiger partial charge in [-0.3, -0.25) is 4.90 Å². The van der Waals surface area contributed by atoms with Crippen molar-refractivity contribution < 1.29 is 55.1 Å². The zero-order chi connectivity index (χ0) is 17.8. The van der Waals surface area contributed by atoms with Crippen molar-refractivity contribution in [2.75, 3.05) is 52.9 Å². The number of halogens is 3. The average Bonchev–Trinajstić information content (AvgIpc) is 2.63. The molecule has 139 valence electrons. The summed E-state index contributed by atoms with van der Waals surface area (Å²) in [4.78, 5) is 1.52. The fourth-order valence-electron chi connectivity index (χ4n) is 3.31. The van der Waals surface area contributed by atoms with Crippen molar-refractivity contribution in [3.63, 3.8) is 0 Å². The first kappa shape index (κ1) is 22.9.